The van der Waals surface area contributed by atoms with Crippen LogP contribution in [0.2, 0.25) is 0 Å². The molecule has 0 aromatic heterocycles. The van der Waals surface area contributed by atoms with Crippen molar-refractivity contribution in [2.75, 3.05) is 60.6 Å². The fourth-order valence-electron chi connectivity index (χ4n) is 11.2. The van der Waals surface area contributed by atoms with E-state index in [1.54, 1.807) is 32.0 Å². The van der Waals surface area contributed by atoms with E-state index in [2.05, 4.69) is 123 Å². The van der Waals surface area contributed by atoms with Gasteiger partial charge in [0.2, 0.25) is 0 Å². The van der Waals surface area contributed by atoms with Crippen LogP contribution in [0.4, 0.5) is 4.79 Å². The number of cyclic esters (lactones) is 1. The van der Waals surface area contributed by atoms with Gasteiger partial charge in [-0.15, -0.1) is 0 Å². The topological polar surface area (TPSA) is 149 Å². The normalized spacial score (nSPS) is 22.5. The molecule has 6 aliphatic rings. The number of esters is 2. The number of hydrogen-bond acceptors (Lipinski definition) is 12. The minimum absolute atomic E-state index is 0. The first kappa shape index (κ1) is 71.1. The van der Waals surface area contributed by atoms with Crippen LogP contribution in [0, 0.1) is 21.7 Å². The molecule has 0 saturated heterocycles. The molecule has 0 N–H and O–H groups in total. The van der Waals surface area contributed by atoms with Crippen LogP contribution in [0.3, 0.4) is 0 Å². The van der Waals surface area contributed by atoms with Gasteiger partial charge in [-0.25, -0.2) is 18.0 Å². The van der Waals surface area contributed by atoms with Gasteiger partial charge in [-0.1, -0.05) is 136 Å². The van der Waals surface area contributed by atoms with E-state index in [1.807, 2.05) is 44.6 Å². The molecule has 1 heterocycles. The van der Waals surface area contributed by atoms with Crippen molar-refractivity contribution in [3.05, 3.63) is 95.1 Å². The van der Waals surface area contributed by atoms with Crippen molar-refractivity contribution in [2.45, 2.75) is 153 Å². The van der Waals surface area contributed by atoms with Gasteiger partial charge in [0.15, 0.2) is 0 Å². The lowest BCUT2D eigenvalue weighted by molar-refractivity contribution is -0.176. The molecule has 0 spiro atoms. The fourth-order valence-corrected chi connectivity index (χ4v) is 11.2. The smallest absolute Gasteiger partial charge is 0.469 e. The second-order valence-electron chi connectivity index (χ2n) is 21.4. The van der Waals surface area contributed by atoms with Gasteiger partial charge in [0.25, 0.3) is 0 Å². The van der Waals surface area contributed by atoms with E-state index in [0.717, 1.165) is 18.1 Å². The maximum atomic E-state index is 11.3. The highest BCUT2D eigenvalue weighted by molar-refractivity contribution is 7.97. The van der Waals surface area contributed by atoms with Gasteiger partial charge in [-0.3, -0.25) is 4.79 Å². The third-order valence-corrected chi connectivity index (χ3v) is 11.4. The quantitative estimate of drug-likeness (QED) is 0.156. The van der Waals surface area contributed by atoms with Crippen LogP contribution in [0.15, 0.2) is 72.8 Å². The maximum Gasteiger partial charge on any atom is 0.507 e. The number of ketones is 1. The van der Waals surface area contributed by atoms with E-state index in [0.29, 0.717) is 27.2 Å². The number of fused-ring (bicyclic) bond motifs is 4. The Morgan fingerprint density at radius 1 is 0.563 bits per heavy atom. The molecule has 3 aromatic carbocycles. The number of ether oxygens (including phenoxy) is 5. The molecule has 13 heteroatoms. The highest BCUT2D eigenvalue weighted by Crippen LogP contribution is 2.73. The molecule has 0 radical (unpaired) electrons. The van der Waals surface area contributed by atoms with Gasteiger partial charge in [-0.05, 0) is 129 Å². The largest absolute Gasteiger partial charge is 0.507 e. The van der Waals surface area contributed by atoms with Crippen LogP contribution in [-0.2, 0) is 54.1 Å². The fraction of sp³-hybridized carbons (Fsp3) is 0.621. The summed E-state index contributed by atoms with van der Waals surface area (Å²) in [6, 6.07) is 24.9. The Hall–Kier alpha value is -4.20. The molecule has 71 heavy (non-hydrogen) atoms. The first-order valence-corrected chi connectivity index (χ1v) is 27.7. The first-order chi connectivity index (χ1) is 32.1. The van der Waals surface area contributed by atoms with E-state index in [1.165, 1.54) is 109 Å². The van der Waals surface area contributed by atoms with Gasteiger partial charge < -0.3 is 28.5 Å². The third-order valence-electron chi connectivity index (χ3n) is 11.4. The summed E-state index contributed by atoms with van der Waals surface area (Å²) in [6.07, 6.45) is 16.0. The Bertz CT molecular complexity index is 2010. The number of methoxy groups -OCH3 is 4. The van der Waals surface area contributed by atoms with Crippen LogP contribution in [-0.4, -0.2) is 92.9 Å². The predicted octanol–water partition coefficient (Wildman–Crippen LogP) is 14.6. The van der Waals surface area contributed by atoms with E-state index in [4.69, 9.17) is 4.74 Å². The molecule has 4 bridgehead atoms. The standard InChI is InChI=1S/C15H14.C14H24.C10H10O2.C3H6O3.C3H6O2.C3H6O.C3H8.C2H6O2S.C2H6O.C2H6S.CH4/c1-15(2)13-9-5-3-7-11(13)12-8-4-6-10-14(12)15;1-11-5-12(2)8-13(3,6-11)10-14(4,7-11)9-12;1-10(2)8-6-4-3-5-7(8)9(11)12-10;1-5-3(4)6-2;1-3(4)5-2;1-3(2)4;1-3-2;1-5(2,3)4;2*1-3-2;/h3-10H,1-2H3;5-10H2,1-4H3;3-6H,1-2H3;1-2H3;1-2H3;1-2H3;3H2,1-2H3;1-2H3;2*1-2H3;1H4. The Morgan fingerprint density at radius 2 is 0.789 bits per heavy atom. The molecule has 0 amide bonds. The number of carbonyl (C=O) groups excluding carboxylic acids is 4. The summed E-state index contributed by atoms with van der Waals surface area (Å²) in [5.41, 5.74) is 9.84. The van der Waals surface area contributed by atoms with Crippen molar-refractivity contribution in [3.8, 4) is 11.1 Å². The third kappa shape index (κ3) is 25.8. The zero-order chi connectivity index (χ0) is 55.0. The molecule has 11 nitrogen and oxygen atoms in total. The van der Waals surface area contributed by atoms with Crippen LogP contribution in [0.1, 0.15) is 169 Å². The number of carbonyl (C=O) groups is 4. The van der Waals surface area contributed by atoms with Crippen molar-refractivity contribution >= 4 is 45.5 Å². The summed E-state index contributed by atoms with van der Waals surface area (Å²) in [5, 5.41) is 0. The summed E-state index contributed by atoms with van der Waals surface area (Å²) in [5.74, 6) is -0.291. The maximum absolute atomic E-state index is 11.3. The van der Waals surface area contributed by atoms with Crippen molar-refractivity contribution < 1.29 is 51.3 Å². The second kappa shape index (κ2) is 32.1. The van der Waals surface area contributed by atoms with Gasteiger partial charge in [0.1, 0.15) is 21.2 Å². The lowest BCUT2D eigenvalue weighted by atomic mass is 9.37. The highest BCUT2D eigenvalue weighted by atomic mass is 32.2. The molecule has 4 fully saturated rings. The average Bonchev–Trinajstić information content (AvgIpc) is 3.60. The van der Waals surface area contributed by atoms with Crippen molar-refractivity contribution in [1.82, 2.24) is 0 Å². The summed E-state index contributed by atoms with van der Waals surface area (Å²) in [7, 11) is 4.44. The number of rotatable bonds is 0. The van der Waals surface area contributed by atoms with Crippen LogP contribution in [0.25, 0.3) is 11.1 Å². The zero-order valence-corrected chi connectivity index (χ0v) is 48.8. The van der Waals surface area contributed by atoms with Gasteiger partial charge >= 0.3 is 18.1 Å². The SMILES string of the molecule is C.CC(C)=O.CC1(C)OC(=O)c2ccccc21.CC1(C)c2ccccc2-c2ccccc21.CC12CC3(C)CC(C)(C1)CC(C)(C2)C3.CCC.COC.COC(=O)OC.COC(C)=O.CS(C)(=O)=O.CSC. The summed E-state index contributed by atoms with van der Waals surface area (Å²) >= 11 is 1.75. The Labute approximate surface area is 436 Å². The molecular weight excluding hydrogens is 937 g/mol. The minimum atomic E-state index is -2.67. The molecule has 0 atom stereocenters. The lowest BCUT2D eigenvalue weighted by Crippen LogP contribution is -2.57. The summed E-state index contributed by atoms with van der Waals surface area (Å²) in [4.78, 5) is 40.0. The summed E-state index contributed by atoms with van der Waals surface area (Å²) < 4.78 is 40.9. The van der Waals surface area contributed by atoms with E-state index in [9.17, 15) is 27.6 Å². The van der Waals surface area contributed by atoms with Crippen molar-refractivity contribution in [1.29, 1.82) is 0 Å². The predicted molar refractivity (Wildman–Crippen MR) is 298 cm³/mol. The average molecular weight is 1030 g/mol. The Balaban J connectivity index is -0.000000772. The Kier molecular flexibility index (Phi) is 32.1. The molecule has 5 aliphatic carbocycles. The van der Waals surface area contributed by atoms with Gasteiger partial charge in [-0.2, -0.15) is 11.8 Å². The van der Waals surface area contributed by atoms with E-state index < -0.39 is 21.6 Å². The molecule has 9 rings (SSSR count). The van der Waals surface area contributed by atoms with Crippen LogP contribution < -0.4 is 0 Å². The number of Topliss-reactive ketones (excluding diaryl/α,β-unsaturated/α-hetero) is 1. The Morgan fingerprint density at radius 3 is 1.00 bits per heavy atom. The molecule has 4 saturated carbocycles. The molecule has 3 aromatic rings. The molecule has 0 unspecified atom stereocenters. The molecular formula is C58H96O11S2. The number of thioether (sulfide) groups is 1. The van der Waals surface area contributed by atoms with Gasteiger partial charge in [0.05, 0.1) is 26.9 Å². The highest BCUT2D eigenvalue weighted by Gasteiger charge is 2.62. The first-order valence-electron chi connectivity index (χ1n) is 23.7. The molecule has 406 valence electrons. The number of benzene rings is 3. The van der Waals surface area contributed by atoms with Crippen molar-refractivity contribution in [3.63, 3.8) is 0 Å². The van der Waals surface area contributed by atoms with Crippen LogP contribution >= 0.6 is 11.8 Å². The zero-order valence-electron chi connectivity index (χ0n) is 47.2. The number of sulfone groups is 1. The minimum Gasteiger partial charge on any atom is -0.469 e. The summed E-state index contributed by atoms with van der Waals surface area (Å²) in [6.45, 7) is 27.3. The molecule has 1 aliphatic heterocycles. The van der Waals surface area contributed by atoms with Gasteiger partial charge in [0, 0.05) is 44.6 Å². The lowest BCUT2D eigenvalue weighted by Gasteiger charge is -2.68. The van der Waals surface area contributed by atoms with Crippen molar-refractivity contribution in [2.24, 2.45) is 21.7 Å². The second-order valence-corrected chi connectivity index (χ2v) is 24.5. The monoisotopic (exact) mass is 1030 g/mol. The van der Waals surface area contributed by atoms with Crippen LogP contribution in [0.5, 0.6) is 0 Å². The van der Waals surface area contributed by atoms with E-state index in [-0.39, 0.29) is 30.6 Å². The number of hydrogen-bond donors (Lipinski definition) is 0. The van der Waals surface area contributed by atoms with E-state index >= 15 is 0 Å².